The summed E-state index contributed by atoms with van der Waals surface area (Å²) in [7, 11) is -16.6. The lowest BCUT2D eigenvalue weighted by molar-refractivity contribution is -0.0894. The molecule has 0 amide bonds. The molecule has 32 heavy (non-hydrogen) atoms. The van der Waals surface area contributed by atoms with Crippen molar-refractivity contribution in [3.8, 4) is 0 Å². The number of aliphatic hydroxyl groups is 1. The molecule has 7 N–H and O–H groups in total. The van der Waals surface area contributed by atoms with Crippen LogP contribution in [0.2, 0.25) is 0 Å². The molecule has 0 saturated carbocycles. The molecule has 16 nitrogen and oxygen atoms in total. The van der Waals surface area contributed by atoms with E-state index in [9.17, 15) is 28.6 Å². The van der Waals surface area contributed by atoms with E-state index >= 15 is 0 Å². The van der Waals surface area contributed by atoms with Crippen LogP contribution in [-0.4, -0.2) is 72.3 Å². The van der Waals surface area contributed by atoms with Gasteiger partial charge in [-0.25, -0.2) is 18.7 Å². The summed E-state index contributed by atoms with van der Waals surface area (Å²) in [6.45, 7) is 2.68. The Labute approximate surface area is 181 Å². The number of hydrazone groups is 1. The Hall–Kier alpha value is -1.25. The van der Waals surface area contributed by atoms with Crippen LogP contribution in [0.3, 0.4) is 0 Å². The molecule has 1 fully saturated rings. The molecule has 3 heterocycles. The van der Waals surface area contributed by atoms with Crippen LogP contribution in [0.1, 0.15) is 12.8 Å². The number of aliphatic hydroxyl groups excluding tert-OH is 1. The average Bonchev–Trinajstić information content (AvgIpc) is 3.19. The summed E-state index contributed by atoms with van der Waals surface area (Å²) in [6.07, 6.45) is 2.72. The number of aliphatic imine (C=N–C) groups is 1. The van der Waals surface area contributed by atoms with E-state index in [0.717, 1.165) is 6.08 Å². The summed E-state index contributed by atoms with van der Waals surface area (Å²) < 4.78 is 52.0. The molecule has 1 saturated heterocycles. The van der Waals surface area contributed by atoms with Gasteiger partial charge in [-0.15, -0.1) is 6.58 Å². The Kier molecular flexibility index (Phi) is 7.01. The molecule has 0 radical (unpaired) electrons. The Morgan fingerprint density at radius 1 is 1.28 bits per heavy atom. The van der Waals surface area contributed by atoms with Crippen molar-refractivity contribution in [3.05, 3.63) is 24.4 Å². The van der Waals surface area contributed by atoms with E-state index in [-0.39, 0.29) is 12.3 Å². The SMILES string of the molecule is C=C[C@]1(COP(=O)(O)OP(=O)(O)OP(=O)(O)O)O[C@@H](C2CC=C3C(N)=NC=NN32)C[C@@H]1O. The first-order valence-electron chi connectivity index (χ1n) is 8.80. The molecule has 3 aliphatic rings. The molecule has 3 unspecified atom stereocenters. The van der Waals surface area contributed by atoms with E-state index in [1.54, 1.807) is 11.1 Å². The number of ether oxygens (including phenoxy) is 1. The summed E-state index contributed by atoms with van der Waals surface area (Å²) in [5, 5.41) is 16.3. The minimum absolute atomic E-state index is 0.0423. The monoisotopic (exact) mass is 518 g/mol. The summed E-state index contributed by atoms with van der Waals surface area (Å²) in [5.74, 6) is 0.253. The van der Waals surface area contributed by atoms with Gasteiger partial charge >= 0.3 is 23.5 Å². The van der Waals surface area contributed by atoms with Gasteiger partial charge < -0.3 is 35.2 Å². The second-order valence-corrected chi connectivity index (χ2v) is 11.3. The molecule has 0 aliphatic carbocycles. The van der Waals surface area contributed by atoms with Gasteiger partial charge in [0.1, 0.15) is 11.9 Å². The number of phosphoric ester groups is 1. The van der Waals surface area contributed by atoms with E-state index < -0.39 is 53.9 Å². The maximum Gasteiger partial charge on any atom is 0.490 e. The maximum atomic E-state index is 12.0. The van der Waals surface area contributed by atoms with Crippen molar-refractivity contribution in [1.82, 2.24) is 5.01 Å². The van der Waals surface area contributed by atoms with Crippen molar-refractivity contribution in [2.75, 3.05) is 6.61 Å². The van der Waals surface area contributed by atoms with Crippen LogP contribution in [0.15, 0.2) is 34.5 Å². The van der Waals surface area contributed by atoms with Gasteiger partial charge in [0, 0.05) is 6.42 Å². The van der Waals surface area contributed by atoms with E-state index in [1.807, 2.05) is 0 Å². The first kappa shape index (κ1) is 25.4. The van der Waals surface area contributed by atoms with Crippen molar-refractivity contribution in [2.45, 2.75) is 36.7 Å². The highest BCUT2D eigenvalue weighted by Crippen LogP contribution is 2.66. The van der Waals surface area contributed by atoms with Gasteiger partial charge in [-0.1, -0.05) is 12.2 Å². The first-order chi connectivity index (χ1) is 14.7. The van der Waals surface area contributed by atoms with Gasteiger partial charge in [0.05, 0.1) is 30.6 Å². The Morgan fingerprint density at radius 2 is 1.97 bits per heavy atom. The molecule has 3 aliphatic heterocycles. The van der Waals surface area contributed by atoms with Gasteiger partial charge in [-0.3, -0.25) is 9.53 Å². The predicted octanol–water partition coefficient (Wildman–Crippen LogP) is -0.323. The minimum Gasteiger partial charge on any atom is -0.390 e. The quantitative estimate of drug-likeness (QED) is 0.169. The lowest BCUT2D eigenvalue weighted by atomic mass is 9.96. The molecule has 6 atom stereocenters. The highest BCUT2D eigenvalue weighted by atomic mass is 31.3. The van der Waals surface area contributed by atoms with E-state index in [4.69, 9.17) is 20.3 Å². The van der Waals surface area contributed by atoms with Crippen LogP contribution in [-0.2, 0) is 31.6 Å². The third-order valence-corrected chi connectivity index (χ3v) is 8.57. The molecular weight excluding hydrogens is 497 g/mol. The summed E-state index contributed by atoms with van der Waals surface area (Å²) in [6, 6.07) is -0.390. The van der Waals surface area contributed by atoms with Crippen LogP contribution >= 0.6 is 23.5 Å². The topological polar surface area (TPSA) is 243 Å². The van der Waals surface area contributed by atoms with Crippen LogP contribution in [0.4, 0.5) is 0 Å². The first-order valence-corrected chi connectivity index (χ1v) is 13.3. The minimum atomic E-state index is -5.68. The third-order valence-electron chi connectivity index (χ3n) is 4.78. The zero-order valence-electron chi connectivity index (χ0n) is 16.1. The fourth-order valence-corrected chi connectivity index (χ4v) is 6.48. The number of phosphoric acid groups is 3. The second kappa shape index (κ2) is 8.84. The molecule has 180 valence electrons. The smallest absolute Gasteiger partial charge is 0.390 e. The Bertz CT molecular complexity index is 1010. The lowest BCUT2D eigenvalue weighted by Crippen LogP contribution is -2.44. The van der Waals surface area contributed by atoms with Gasteiger partial charge in [-0.05, 0) is 6.42 Å². The van der Waals surface area contributed by atoms with Gasteiger partial charge in [0.25, 0.3) is 0 Å². The number of nitrogens with zero attached hydrogens (tertiary/aromatic N) is 3. The standard InChI is InChI=1S/C13H21N4O12P3/c1-2-13(6-26-31(22,23)29-32(24,25)28-30(19,20)21)11(18)5-10(27-13)8-3-4-9-12(14)15-7-16-17(8)9/h2,4,7-8,10-11,18H,1,3,5-6H2,(H,22,23)(H,24,25)(H2,14,15,16)(H2,19,20,21)/t8?,10-,11+,13-/m1/s1. The summed E-state index contributed by atoms with van der Waals surface area (Å²) >= 11 is 0. The zero-order chi connectivity index (χ0) is 23.9. The molecule has 0 aromatic rings. The van der Waals surface area contributed by atoms with Crippen molar-refractivity contribution >= 4 is 35.6 Å². The lowest BCUT2D eigenvalue weighted by Gasteiger charge is -2.32. The maximum absolute atomic E-state index is 12.0. The molecule has 3 rings (SSSR count). The van der Waals surface area contributed by atoms with E-state index in [1.165, 1.54) is 6.34 Å². The molecule has 19 heteroatoms. The van der Waals surface area contributed by atoms with Crippen molar-refractivity contribution < 1.29 is 56.3 Å². The Balaban J connectivity index is 1.67. The van der Waals surface area contributed by atoms with Gasteiger partial charge in [0.15, 0.2) is 5.84 Å². The second-order valence-electron chi connectivity index (χ2n) is 6.91. The molecule has 0 spiro atoms. The number of rotatable bonds is 9. The molecule has 0 aromatic heterocycles. The third kappa shape index (κ3) is 5.62. The average molecular weight is 518 g/mol. The highest BCUT2D eigenvalue weighted by Gasteiger charge is 2.52. The predicted molar refractivity (Wildman–Crippen MR) is 107 cm³/mol. The normalized spacial score (nSPS) is 33.8. The molecular formula is C13H21N4O12P3. The van der Waals surface area contributed by atoms with Crippen LogP contribution in [0, 0.1) is 0 Å². The van der Waals surface area contributed by atoms with Crippen LogP contribution in [0.5, 0.6) is 0 Å². The van der Waals surface area contributed by atoms with Crippen molar-refractivity contribution in [2.24, 2.45) is 15.8 Å². The molecule has 0 aromatic carbocycles. The fraction of sp³-hybridized carbons (Fsp3) is 0.538. The number of fused-ring (bicyclic) bond motifs is 1. The van der Waals surface area contributed by atoms with Crippen LogP contribution < -0.4 is 5.73 Å². The number of hydrogen-bond donors (Lipinski definition) is 6. The number of hydrogen-bond acceptors (Lipinski definition) is 12. The fourth-order valence-electron chi connectivity index (χ4n) is 3.42. The summed E-state index contributed by atoms with van der Waals surface area (Å²) in [4.78, 5) is 39.9. The van der Waals surface area contributed by atoms with Crippen molar-refractivity contribution in [1.29, 1.82) is 0 Å². The van der Waals surface area contributed by atoms with Gasteiger partial charge in [-0.2, -0.15) is 13.7 Å². The highest BCUT2D eigenvalue weighted by molar-refractivity contribution is 7.66. The number of amidine groups is 1. The van der Waals surface area contributed by atoms with Crippen LogP contribution in [0.25, 0.3) is 0 Å². The zero-order valence-corrected chi connectivity index (χ0v) is 18.8. The van der Waals surface area contributed by atoms with E-state index in [0.29, 0.717) is 12.1 Å². The van der Waals surface area contributed by atoms with Crippen molar-refractivity contribution in [3.63, 3.8) is 0 Å². The Morgan fingerprint density at radius 3 is 2.59 bits per heavy atom. The largest absolute Gasteiger partial charge is 0.490 e. The van der Waals surface area contributed by atoms with Gasteiger partial charge in [0.2, 0.25) is 0 Å². The van der Waals surface area contributed by atoms with E-state index in [2.05, 4.69) is 29.8 Å². The number of nitrogens with two attached hydrogens (primary N) is 1. The summed E-state index contributed by atoms with van der Waals surface area (Å²) in [5.41, 5.74) is 4.66. The molecule has 0 bridgehead atoms.